The molecule has 1 aromatic heterocycles. The van der Waals surface area contributed by atoms with E-state index in [0.717, 1.165) is 10.9 Å². The average Bonchev–Trinajstić information content (AvgIpc) is 2.66. The van der Waals surface area contributed by atoms with E-state index < -0.39 is 11.5 Å². The highest BCUT2D eigenvalue weighted by atomic mass is 16.5. The Morgan fingerprint density at radius 2 is 1.86 bits per heavy atom. The topological polar surface area (TPSA) is 103 Å². The highest BCUT2D eigenvalue weighted by Gasteiger charge is 2.17. The second-order valence-corrected chi connectivity index (χ2v) is 6.29. The smallest absolute Gasteiger partial charge is 0.336 e. The third kappa shape index (κ3) is 4.56. The maximum Gasteiger partial charge on any atom is 0.336 e. The predicted octanol–water partition coefficient (Wildman–Crippen LogP) is 2.39. The van der Waals surface area contributed by atoms with E-state index in [1.165, 1.54) is 11.0 Å². The lowest BCUT2D eigenvalue weighted by Crippen LogP contribution is -2.37. The van der Waals surface area contributed by atoms with E-state index in [1.807, 2.05) is 13.0 Å². The molecule has 2 N–H and O–H groups in total. The van der Waals surface area contributed by atoms with Crippen molar-refractivity contribution in [1.82, 2.24) is 0 Å². The van der Waals surface area contributed by atoms with E-state index in [-0.39, 0.29) is 25.5 Å². The fourth-order valence-electron chi connectivity index (χ4n) is 2.85. The van der Waals surface area contributed by atoms with Crippen LogP contribution in [-0.2, 0) is 9.59 Å². The van der Waals surface area contributed by atoms with Crippen molar-refractivity contribution in [3.05, 3.63) is 70.6 Å². The summed E-state index contributed by atoms with van der Waals surface area (Å²) >= 11 is 0. The summed E-state index contributed by atoms with van der Waals surface area (Å²) in [6.45, 7) is 1.74. The minimum atomic E-state index is -0.491. The number of nitrogens with zero attached hydrogens (tertiary/aromatic N) is 1. The summed E-state index contributed by atoms with van der Waals surface area (Å²) in [7, 11) is 0. The highest BCUT2D eigenvalue weighted by Crippen LogP contribution is 2.22. The van der Waals surface area contributed by atoms with Crippen LogP contribution in [-0.4, -0.2) is 25.0 Å². The van der Waals surface area contributed by atoms with Crippen LogP contribution < -0.4 is 21.0 Å². The normalized spacial score (nSPS) is 10.6. The van der Waals surface area contributed by atoms with Gasteiger partial charge in [0, 0.05) is 36.2 Å². The summed E-state index contributed by atoms with van der Waals surface area (Å²) in [4.78, 5) is 36.8. The minimum absolute atomic E-state index is 0.0427. The van der Waals surface area contributed by atoms with Gasteiger partial charge in [0.2, 0.25) is 5.91 Å². The van der Waals surface area contributed by atoms with Crippen LogP contribution in [0.15, 0.2) is 63.8 Å². The summed E-state index contributed by atoms with van der Waals surface area (Å²) in [5.74, 6) is -0.412. The maximum absolute atomic E-state index is 12.7. The molecule has 28 heavy (non-hydrogen) atoms. The molecule has 0 fully saturated rings. The zero-order valence-electron chi connectivity index (χ0n) is 15.4. The predicted molar refractivity (Wildman–Crippen MR) is 105 cm³/mol. The quantitative estimate of drug-likeness (QED) is 0.634. The molecule has 0 saturated heterocycles. The van der Waals surface area contributed by atoms with E-state index in [4.69, 9.17) is 14.9 Å². The first kappa shape index (κ1) is 19.2. The fraction of sp³-hybridized carbons (Fsp3) is 0.190. The lowest BCUT2D eigenvalue weighted by molar-refractivity contribution is -0.120. The molecule has 0 atom stereocenters. The van der Waals surface area contributed by atoms with Crippen LogP contribution in [0.3, 0.4) is 0 Å². The monoisotopic (exact) mass is 380 g/mol. The van der Waals surface area contributed by atoms with Gasteiger partial charge in [0.05, 0.1) is 0 Å². The summed E-state index contributed by atoms with van der Waals surface area (Å²) in [6.07, 6.45) is 0.0427. The van der Waals surface area contributed by atoms with Gasteiger partial charge in [-0.1, -0.05) is 18.2 Å². The molecule has 0 saturated carbocycles. The van der Waals surface area contributed by atoms with Crippen LogP contribution in [0.5, 0.6) is 5.75 Å². The minimum Gasteiger partial charge on any atom is -0.484 e. The van der Waals surface area contributed by atoms with Crippen molar-refractivity contribution >= 4 is 28.5 Å². The zero-order chi connectivity index (χ0) is 20.1. The molecule has 0 aliphatic carbocycles. The van der Waals surface area contributed by atoms with E-state index in [0.29, 0.717) is 17.0 Å². The number of primary amides is 1. The summed E-state index contributed by atoms with van der Waals surface area (Å²) in [5, 5.41) is 0.797. The Morgan fingerprint density at radius 1 is 1.11 bits per heavy atom. The number of carbonyl (C=O) groups excluding carboxylic acids is 2. The Morgan fingerprint density at radius 3 is 2.57 bits per heavy atom. The molecule has 0 aliphatic rings. The van der Waals surface area contributed by atoms with Gasteiger partial charge in [0.15, 0.2) is 6.61 Å². The Bertz CT molecular complexity index is 1060. The van der Waals surface area contributed by atoms with E-state index in [9.17, 15) is 14.4 Å². The molecule has 0 radical (unpaired) electrons. The van der Waals surface area contributed by atoms with Crippen molar-refractivity contribution in [1.29, 1.82) is 0 Å². The van der Waals surface area contributed by atoms with Crippen molar-refractivity contribution in [3.63, 3.8) is 0 Å². The Labute approximate surface area is 161 Å². The number of nitrogens with two attached hydrogens (primary N) is 1. The maximum atomic E-state index is 12.7. The number of hydrogen-bond donors (Lipinski definition) is 1. The Hall–Kier alpha value is -3.61. The standard InChI is InChI=1S/C21H20N2O5/c1-14-11-21(26)28-18-12-16(7-8-17(14)18)27-13-20(25)23(10-9-19(22)24)15-5-3-2-4-6-15/h2-8,11-12H,9-10,13H2,1H3,(H2,22,24). The van der Waals surface area contributed by atoms with Crippen LogP contribution in [0, 0.1) is 6.92 Å². The van der Waals surface area contributed by atoms with Crippen molar-refractivity contribution in [2.45, 2.75) is 13.3 Å². The highest BCUT2D eigenvalue weighted by molar-refractivity contribution is 5.95. The summed E-state index contributed by atoms with van der Waals surface area (Å²) in [6, 6.07) is 15.5. The fourth-order valence-corrected chi connectivity index (χ4v) is 2.85. The number of ether oxygens (including phenoxy) is 1. The van der Waals surface area contributed by atoms with Crippen molar-refractivity contribution < 1.29 is 18.7 Å². The zero-order valence-corrected chi connectivity index (χ0v) is 15.4. The summed E-state index contributed by atoms with van der Waals surface area (Å²) in [5.41, 5.74) is 6.62. The first-order valence-electron chi connectivity index (χ1n) is 8.75. The molecule has 7 nitrogen and oxygen atoms in total. The number of hydrogen-bond acceptors (Lipinski definition) is 5. The molecule has 2 amide bonds. The number of para-hydroxylation sites is 1. The number of anilines is 1. The Kier molecular flexibility index (Phi) is 5.74. The lowest BCUT2D eigenvalue weighted by atomic mass is 10.1. The van der Waals surface area contributed by atoms with Gasteiger partial charge in [-0.15, -0.1) is 0 Å². The number of aryl methyl sites for hydroxylation is 1. The van der Waals surface area contributed by atoms with Gasteiger partial charge in [0.25, 0.3) is 5.91 Å². The van der Waals surface area contributed by atoms with Gasteiger partial charge in [-0.05, 0) is 36.8 Å². The van der Waals surface area contributed by atoms with Gasteiger partial charge < -0.3 is 19.8 Å². The first-order valence-corrected chi connectivity index (χ1v) is 8.75. The van der Waals surface area contributed by atoms with Gasteiger partial charge in [-0.3, -0.25) is 9.59 Å². The number of carbonyl (C=O) groups is 2. The van der Waals surface area contributed by atoms with Gasteiger partial charge in [-0.2, -0.15) is 0 Å². The molecule has 1 heterocycles. The van der Waals surface area contributed by atoms with Crippen LogP contribution in [0.2, 0.25) is 0 Å². The number of fused-ring (bicyclic) bond motifs is 1. The van der Waals surface area contributed by atoms with Crippen LogP contribution >= 0.6 is 0 Å². The van der Waals surface area contributed by atoms with Crippen LogP contribution in [0.25, 0.3) is 11.0 Å². The first-order chi connectivity index (χ1) is 13.4. The van der Waals surface area contributed by atoms with Crippen LogP contribution in [0.4, 0.5) is 5.69 Å². The number of rotatable bonds is 7. The van der Waals surface area contributed by atoms with E-state index in [2.05, 4.69) is 0 Å². The SMILES string of the molecule is Cc1cc(=O)oc2cc(OCC(=O)N(CCC(N)=O)c3ccccc3)ccc12. The summed E-state index contributed by atoms with van der Waals surface area (Å²) < 4.78 is 10.8. The lowest BCUT2D eigenvalue weighted by Gasteiger charge is -2.22. The van der Waals surface area contributed by atoms with Crippen molar-refractivity contribution in [2.24, 2.45) is 5.73 Å². The van der Waals surface area contributed by atoms with Crippen molar-refractivity contribution in [3.8, 4) is 5.75 Å². The van der Waals surface area contributed by atoms with Gasteiger partial charge in [0.1, 0.15) is 11.3 Å². The molecule has 0 bridgehead atoms. The molecule has 0 unspecified atom stereocenters. The molecular formula is C21H20N2O5. The van der Waals surface area contributed by atoms with Gasteiger partial charge >= 0.3 is 5.63 Å². The molecule has 144 valence electrons. The average molecular weight is 380 g/mol. The molecule has 3 rings (SSSR count). The molecule has 3 aromatic rings. The van der Waals surface area contributed by atoms with Gasteiger partial charge in [-0.25, -0.2) is 4.79 Å². The van der Waals surface area contributed by atoms with E-state index >= 15 is 0 Å². The largest absolute Gasteiger partial charge is 0.484 e. The number of amides is 2. The molecule has 2 aromatic carbocycles. The Balaban J connectivity index is 1.75. The third-order valence-electron chi connectivity index (χ3n) is 4.24. The van der Waals surface area contributed by atoms with Crippen molar-refractivity contribution in [2.75, 3.05) is 18.1 Å². The molecule has 0 aliphatic heterocycles. The molecular weight excluding hydrogens is 360 g/mol. The third-order valence-corrected chi connectivity index (χ3v) is 4.24. The second-order valence-electron chi connectivity index (χ2n) is 6.29. The molecule has 7 heteroatoms. The van der Waals surface area contributed by atoms with Crippen LogP contribution in [0.1, 0.15) is 12.0 Å². The number of benzene rings is 2. The second kappa shape index (κ2) is 8.39. The molecule has 0 spiro atoms. The van der Waals surface area contributed by atoms with E-state index in [1.54, 1.807) is 42.5 Å².